The monoisotopic (exact) mass is 548 g/mol. The maximum absolute atomic E-state index is 14.2. The van der Waals surface area contributed by atoms with Gasteiger partial charge in [-0.15, -0.1) is 0 Å². The van der Waals surface area contributed by atoms with Crippen LogP contribution in [-0.4, -0.2) is 39.8 Å². The van der Waals surface area contributed by atoms with Gasteiger partial charge in [-0.1, -0.05) is 32.9 Å². The first-order valence-electron chi connectivity index (χ1n) is 12.5. The van der Waals surface area contributed by atoms with Crippen molar-refractivity contribution >= 4 is 0 Å². The Balaban J connectivity index is 1.68. The molecule has 0 heterocycles. The third-order valence-corrected chi connectivity index (χ3v) is 7.17. The van der Waals surface area contributed by atoms with Crippen LogP contribution >= 0.6 is 0 Å². The lowest BCUT2D eigenvalue weighted by Gasteiger charge is -2.24. The van der Waals surface area contributed by atoms with Gasteiger partial charge in [0.25, 0.3) is 0 Å². The fourth-order valence-electron chi connectivity index (χ4n) is 4.61. The maximum Gasteiger partial charge on any atom is 0.398 e. The number of rotatable bonds is 12. The fourth-order valence-corrected chi connectivity index (χ4v) is 4.61. The highest BCUT2D eigenvalue weighted by molar-refractivity contribution is 5.45. The summed E-state index contributed by atoms with van der Waals surface area (Å²) in [5, 5.41) is 0. The van der Waals surface area contributed by atoms with Crippen molar-refractivity contribution in [2.75, 3.05) is 27.4 Å². The number of benzene rings is 2. The lowest BCUT2D eigenvalue weighted by molar-refractivity contribution is -0.200. The minimum absolute atomic E-state index is 0.0526. The number of halogens is 6. The van der Waals surface area contributed by atoms with E-state index in [-0.39, 0.29) is 41.9 Å². The summed E-state index contributed by atoms with van der Waals surface area (Å²) in [4.78, 5) is 0. The Labute approximate surface area is 219 Å². The van der Waals surface area contributed by atoms with Crippen LogP contribution < -0.4 is 18.9 Å². The molecule has 1 saturated carbocycles. The molecule has 1 fully saturated rings. The van der Waals surface area contributed by atoms with Crippen molar-refractivity contribution in [1.82, 2.24) is 0 Å². The Hall–Kier alpha value is -2.78. The molecule has 0 aromatic heterocycles. The molecule has 0 saturated heterocycles. The maximum atomic E-state index is 14.2. The lowest BCUT2D eigenvalue weighted by Crippen LogP contribution is -2.33. The van der Waals surface area contributed by atoms with Crippen LogP contribution in [0.3, 0.4) is 0 Å². The van der Waals surface area contributed by atoms with E-state index in [1.165, 1.54) is 20.3 Å². The fraction of sp³-hybridized carbons (Fsp3) is 0.571. The van der Waals surface area contributed by atoms with Gasteiger partial charge in [-0.2, -0.15) is 26.3 Å². The summed E-state index contributed by atoms with van der Waals surface area (Å²) < 4.78 is 101. The van der Waals surface area contributed by atoms with E-state index in [9.17, 15) is 26.3 Å². The molecule has 4 nitrogen and oxygen atoms in total. The van der Waals surface area contributed by atoms with E-state index < -0.39 is 43.3 Å². The number of alkyl halides is 6. The van der Waals surface area contributed by atoms with Crippen LogP contribution in [0.1, 0.15) is 63.0 Å². The van der Waals surface area contributed by atoms with Crippen LogP contribution in [0.2, 0.25) is 0 Å². The highest BCUT2D eigenvalue weighted by Crippen LogP contribution is 2.65. The van der Waals surface area contributed by atoms with Crippen molar-refractivity contribution in [2.45, 2.75) is 64.2 Å². The molecule has 2 aromatic rings. The zero-order valence-corrected chi connectivity index (χ0v) is 22.1. The zero-order valence-electron chi connectivity index (χ0n) is 22.1. The summed E-state index contributed by atoms with van der Waals surface area (Å²) in [6.45, 7) is 4.76. The van der Waals surface area contributed by atoms with Crippen LogP contribution in [0.25, 0.3) is 0 Å². The second-order valence-electron chi connectivity index (χ2n) is 10.2. The predicted molar refractivity (Wildman–Crippen MR) is 131 cm³/mol. The predicted octanol–water partition coefficient (Wildman–Crippen LogP) is 8.30. The molecule has 0 N–H and O–H groups in total. The average Bonchev–Trinajstić information content (AvgIpc) is 3.55. The average molecular weight is 549 g/mol. The van der Waals surface area contributed by atoms with Gasteiger partial charge in [-0.25, -0.2) is 0 Å². The third-order valence-electron chi connectivity index (χ3n) is 7.17. The van der Waals surface area contributed by atoms with Gasteiger partial charge in [-0.05, 0) is 66.0 Å². The zero-order chi connectivity index (χ0) is 28.3. The molecular formula is C28H34F6O4. The lowest BCUT2D eigenvalue weighted by atomic mass is 9.91. The summed E-state index contributed by atoms with van der Waals surface area (Å²) >= 11 is 0. The van der Waals surface area contributed by atoms with Gasteiger partial charge in [0.2, 0.25) is 0 Å². The molecule has 38 heavy (non-hydrogen) atoms. The van der Waals surface area contributed by atoms with Crippen LogP contribution in [-0.2, 0) is 0 Å². The normalized spacial score (nSPS) is 20.3. The van der Waals surface area contributed by atoms with Crippen molar-refractivity contribution in [3.8, 4) is 23.0 Å². The Kier molecular flexibility index (Phi) is 9.04. The SMILES string of the molecule is COc1cc(C(C)CC2CC2(COc2ccc(C(C)C)cc2OC)C(F)(F)F)ccc1OCCC(F)(F)F. The van der Waals surface area contributed by atoms with E-state index in [2.05, 4.69) is 0 Å². The number of methoxy groups -OCH3 is 2. The highest BCUT2D eigenvalue weighted by Gasteiger charge is 2.70. The molecule has 0 radical (unpaired) electrons. The van der Waals surface area contributed by atoms with E-state index in [1.54, 1.807) is 24.3 Å². The Morgan fingerprint density at radius 3 is 1.89 bits per heavy atom. The molecule has 0 spiro atoms. The smallest absolute Gasteiger partial charge is 0.398 e. The Morgan fingerprint density at radius 1 is 0.816 bits per heavy atom. The molecule has 0 amide bonds. The topological polar surface area (TPSA) is 36.9 Å². The molecule has 10 heteroatoms. The second-order valence-corrected chi connectivity index (χ2v) is 10.2. The molecule has 1 aliphatic rings. The quantitative estimate of drug-likeness (QED) is 0.250. The van der Waals surface area contributed by atoms with Crippen molar-refractivity contribution in [1.29, 1.82) is 0 Å². The van der Waals surface area contributed by atoms with Gasteiger partial charge in [0.05, 0.1) is 27.2 Å². The van der Waals surface area contributed by atoms with E-state index in [0.29, 0.717) is 11.3 Å². The minimum Gasteiger partial charge on any atom is -0.493 e. The van der Waals surface area contributed by atoms with Crippen LogP contribution in [0.15, 0.2) is 36.4 Å². The molecule has 3 unspecified atom stereocenters. The van der Waals surface area contributed by atoms with Gasteiger partial charge in [0.15, 0.2) is 23.0 Å². The first-order chi connectivity index (χ1) is 17.7. The third kappa shape index (κ3) is 6.99. The van der Waals surface area contributed by atoms with Crippen LogP contribution in [0.5, 0.6) is 23.0 Å². The van der Waals surface area contributed by atoms with E-state index in [0.717, 1.165) is 5.56 Å². The summed E-state index contributed by atoms with van der Waals surface area (Å²) in [7, 11) is 2.81. The van der Waals surface area contributed by atoms with Crippen LogP contribution in [0, 0.1) is 11.3 Å². The number of ether oxygens (including phenoxy) is 4. The molecule has 2 aromatic carbocycles. The Bertz CT molecular complexity index is 1080. The number of hydrogen-bond donors (Lipinski definition) is 0. The minimum atomic E-state index is -4.45. The number of hydrogen-bond acceptors (Lipinski definition) is 4. The van der Waals surface area contributed by atoms with E-state index >= 15 is 0 Å². The van der Waals surface area contributed by atoms with E-state index in [1.807, 2.05) is 26.8 Å². The summed E-state index contributed by atoms with van der Waals surface area (Å²) in [5.74, 6) is 0.361. The largest absolute Gasteiger partial charge is 0.493 e. The Morgan fingerprint density at radius 2 is 1.37 bits per heavy atom. The molecule has 3 rings (SSSR count). The van der Waals surface area contributed by atoms with E-state index in [4.69, 9.17) is 18.9 Å². The van der Waals surface area contributed by atoms with Crippen LogP contribution in [0.4, 0.5) is 26.3 Å². The van der Waals surface area contributed by atoms with Crippen molar-refractivity contribution in [2.24, 2.45) is 11.3 Å². The molecule has 3 atom stereocenters. The standard InChI is InChI=1S/C28H34F6O4/c1-17(2)19-6-8-23(24(13-19)35-4)38-16-26(28(32,33)34)15-21(26)12-18(3)20-7-9-22(25(14-20)36-5)37-11-10-27(29,30)31/h6-9,13-14,17-18,21H,10-12,15-16H2,1-5H3. The van der Waals surface area contributed by atoms with Gasteiger partial charge >= 0.3 is 12.4 Å². The highest BCUT2D eigenvalue weighted by atomic mass is 19.4. The van der Waals surface area contributed by atoms with Gasteiger partial charge in [-0.3, -0.25) is 0 Å². The first-order valence-corrected chi connectivity index (χ1v) is 12.5. The summed E-state index contributed by atoms with van der Waals surface area (Å²) in [6, 6.07) is 9.97. The second kappa shape index (κ2) is 11.5. The summed E-state index contributed by atoms with van der Waals surface area (Å²) in [6.07, 6.45) is -9.70. The van der Waals surface area contributed by atoms with Crippen molar-refractivity contribution < 1.29 is 45.3 Å². The molecule has 0 bridgehead atoms. The van der Waals surface area contributed by atoms with Crippen molar-refractivity contribution in [3.05, 3.63) is 47.5 Å². The molecular weight excluding hydrogens is 514 g/mol. The molecule has 1 aliphatic carbocycles. The molecule has 0 aliphatic heterocycles. The van der Waals surface area contributed by atoms with Gasteiger partial charge < -0.3 is 18.9 Å². The van der Waals surface area contributed by atoms with Gasteiger partial charge in [0, 0.05) is 0 Å². The first kappa shape index (κ1) is 29.8. The molecule has 212 valence electrons. The van der Waals surface area contributed by atoms with Crippen molar-refractivity contribution in [3.63, 3.8) is 0 Å². The summed E-state index contributed by atoms with van der Waals surface area (Å²) in [5.41, 5.74) is -0.266. The van der Waals surface area contributed by atoms with Gasteiger partial charge in [0.1, 0.15) is 12.0 Å².